The lowest BCUT2D eigenvalue weighted by molar-refractivity contribution is -0.274. The highest BCUT2D eigenvalue weighted by Crippen LogP contribution is 2.35. The van der Waals surface area contributed by atoms with Crippen molar-refractivity contribution >= 4 is 23.5 Å². The van der Waals surface area contributed by atoms with Crippen molar-refractivity contribution in [1.82, 2.24) is 15.6 Å². The van der Waals surface area contributed by atoms with Crippen molar-refractivity contribution < 1.29 is 46.1 Å². The maximum Gasteiger partial charge on any atom is 0.573 e. The van der Waals surface area contributed by atoms with Crippen LogP contribution in [0.3, 0.4) is 0 Å². The minimum absolute atomic E-state index is 0.192. The van der Waals surface area contributed by atoms with Gasteiger partial charge in [-0.25, -0.2) is 9.18 Å². The quantitative estimate of drug-likeness (QED) is 0.239. The fourth-order valence-corrected chi connectivity index (χ4v) is 6.45. The molecule has 2 aromatic carbocycles. The highest BCUT2D eigenvalue weighted by Gasteiger charge is 2.39. The molecule has 1 amide bonds. The monoisotopic (exact) mass is 693 g/mol. The molecule has 0 aliphatic carbocycles. The predicted octanol–water partition coefficient (Wildman–Crippen LogP) is 5.91. The molecule has 2 N–H and O–H groups in total. The van der Waals surface area contributed by atoms with E-state index < -0.39 is 41.8 Å². The van der Waals surface area contributed by atoms with E-state index in [1.54, 1.807) is 24.3 Å². The lowest BCUT2D eigenvalue weighted by atomic mass is 9.81. The van der Waals surface area contributed by atoms with Gasteiger partial charge in [-0.1, -0.05) is 35.9 Å². The minimum atomic E-state index is -4.96. The third-order valence-electron chi connectivity index (χ3n) is 8.63. The lowest BCUT2D eigenvalue weighted by Gasteiger charge is -2.44. The third kappa shape index (κ3) is 9.22. The van der Waals surface area contributed by atoms with E-state index >= 15 is 4.39 Å². The van der Waals surface area contributed by atoms with Crippen molar-refractivity contribution in [3.05, 3.63) is 94.0 Å². The van der Waals surface area contributed by atoms with Gasteiger partial charge in [-0.3, -0.25) is 9.78 Å². The molecule has 258 valence electrons. The topological polar surface area (TPSA) is 108 Å². The number of Topliss-reactive ketones (excluding diaryl/α,β-unsaturated/α-hetero) is 1. The molecule has 1 spiro atoms. The Hall–Kier alpha value is -3.78. The van der Waals surface area contributed by atoms with Crippen LogP contribution in [0.15, 0.2) is 60.9 Å². The first-order chi connectivity index (χ1) is 22.9. The first kappa shape index (κ1) is 35.5. The number of carbonyl (C=O) groups is 2. The van der Waals surface area contributed by atoms with Crippen LogP contribution >= 0.6 is 11.6 Å². The number of halogens is 5. The van der Waals surface area contributed by atoms with E-state index in [-0.39, 0.29) is 35.7 Å². The number of benzene rings is 2. The number of alkyl carbamates (subject to hydrolysis) is 1. The van der Waals surface area contributed by atoms with Crippen LogP contribution in [-0.2, 0) is 31.8 Å². The molecular formula is C34H36ClF4N3O6. The van der Waals surface area contributed by atoms with Gasteiger partial charge in [0.15, 0.2) is 5.78 Å². The van der Waals surface area contributed by atoms with Crippen LogP contribution in [0.5, 0.6) is 5.75 Å². The number of hydrogen-bond donors (Lipinski definition) is 2. The molecule has 0 bridgehead atoms. The van der Waals surface area contributed by atoms with Crippen LogP contribution < -0.4 is 15.4 Å². The average Bonchev–Trinajstić information content (AvgIpc) is 3.04. The van der Waals surface area contributed by atoms with Gasteiger partial charge in [-0.2, -0.15) is 0 Å². The number of carbonyl (C=O) groups excluding carboxylic acids is 2. The van der Waals surface area contributed by atoms with Crippen molar-refractivity contribution in [3.63, 3.8) is 0 Å². The van der Waals surface area contributed by atoms with E-state index in [4.69, 9.17) is 25.8 Å². The number of methoxy groups -OCH3 is 1. The van der Waals surface area contributed by atoms with E-state index in [0.717, 1.165) is 38.3 Å². The summed E-state index contributed by atoms with van der Waals surface area (Å²) in [6.07, 6.45) is -1.72. The normalized spacial score (nSPS) is 18.9. The summed E-state index contributed by atoms with van der Waals surface area (Å²) < 4.78 is 75.6. The number of nitrogens with zero attached hydrogens (tertiary/aromatic N) is 1. The number of ether oxygens (including phenoxy) is 4. The number of pyridine rings is 1. The van der Waals surface area contributed by atoms with Crippen molar-refractivity contribution in [1.29, 1.82) is 0 Å². The smallest absolute Gasteiger partial charge is 0.453 e. The molecule has 3 aromatic rings. The van der Waals surface area contributed by atoms with E-state index in [9.17, 15) is 22.8 Å². The summed E-state index contributed by atoms with van der Waals surface area (Å²) >= 11 is 6.11. The first-order valence-corrected chi connectivity index (χ1v) is 15.9. The van der Waals surface area contributed by atoms with Crippen LogP contribution in [0, 0.1) is 5.82 Å². The highest BCUT2D eigenvalue weighted by molar-refractivity contribution is 6.30. The second-order valence-electron chi connectivity index (χ2n) is 11.9. The summed E-state index contributed by atoms with van der Waals surface area (Å²) in [4.78, 5) is 30.8. The van der Waals surface area contributed by atoms with Crippen LogP contribution in [0.25, 0.3) is 0 Å². The zero-order chi connectivity index (χ0) is 34.3. The molecule has 48 heavy (non-hydrogen) atoms. The van der Waals surface area contributed by atoms with Gasteiger partial charge < -0.3 is 29.6 Å². The number of alkyl halides is 3. The third-order valence-corrected chi connectivity index (χ3v) is 8.89. The molecular weight excluding hydrogens is 658 g/mol. The first-order valence-electron chi connectivity index (χ1n) is 15.5. The summed E-state index contributed by atoms with van der Waals surface area (Å²) in [6, 6.07) is 10.1. The molecule has 1 aromatic heterocycles. The number of morpholine rings is 1. The SMILES string of the molecule is COC(=O)N[C@H](C(=O)Cc1cncc(F)c1CC[C@@H]1CNCC2(CCOCC2)O1)[C@@H](c1ccc(Cl)cc1)c1cccc(OC(F)(F)F)c1. The van der Waals surface area contributed by atoms with E-state index in [2.05, 4.69) is 20.4 Å². The van der Waals surface area contributed by atoms with E-state index in [1.165, 1.54) is 18.3 Å². The van der Waals surface area contributed by atoms with Gasteiger partial charge in [0.2, 0.25) is 0 Å². The van der Waals surface area contributed by atoms with Gasteiger partial charge in [0, 0.05) is 62.7 Å². The Bertz CT molecular complexity index is 1560. The Morgan fingerprint density at radius 2 is 1.88 bits per heavy atom. The van der Waals surface area contributed by atoms with Crippen molar-refractivity contribution in [2.75, 3.05) is 33.4 Å². The standard InChI is InChI=1S/C34H36ClF4N3O6/c1-45-32(44)42-31(30(21-5-7-24(35)8-6-21)22-3-2-4-25(15-22)48-34(37,38)39)29(43)16-23-17-40-19-28(36)27(23)10-9-26-18-41-20-33(47-26)11-13-46-14-12-33/h2-8,15,17,19,26,30-31,41H,9-14,16,18,20H2,1H3,(H,42,44)/t26-,30+,31-/m1/s1. The number of hydrogen-bond acceptors (Lipinski definition) is 8. The van der Waals surface area contributed by atoms with Gasteiger partial charge in [-0.05, 0) is 59.4 Å². The minimum Gasteiger partial charge on any atom is -0.453 e. The number of amides is 1. The Morgan fingerprint density at radius 1 is 1.12 bits per heavy atom. The number of aromatic nitrogens is 1. The van der Waals surface area contributed by atoms with Crippen LogP contribution in [-0.4, -0.2) is 74.4 Å². The summed E-state index contributed by atoms with van der Waals surface area (Å²) in [5.74, 6) is -2.68. The zero-order valence-electron chi connectivity index (χ0n) is 26.2. The molecule has 2 aliphatic rings. The molecule has 0 unspecified atom stereocenters. The number of ketones is 1. The maximum atomic E-state index is 15.3. The summed E-state index contributed by atoms with van der Waals surface area (Å²) in [7, 11) is 1.12. The molecule has 0 radical (unpaired) electrons. The largest absolute Gasteiger partial charge is 0.573 e. The van der Waals surface area contributed by atoms with E-state index in [0.29, 0.717) is 48.9 Å². The predicted molar refractivity (Wildman–Crippen MR) is 168 cm³/mol. The molecule has 5 rings (SSSR count). The molecule has 3 heterocycles. The lowest BCUT2D eigenvalue weighted by Crippen LogP contribution is -2.56. The Kier molecular flexibility index (Phi) is 11.6. The number of nitrogens with one attached hydrogen (secondary N) is 2. The van der Waals surface area contributed by atoms with Gasteiger partial charge in [0.05, 0.1) is 25.0 Å². The average molecular weight is 694 g/mol. The molecule has 2 saturated heterocycles. The fraction of sp³-hybridized carbons (Fsp3) is 0.441. The molecule has 2 fully saturated rings. The van der Waals surface area contributed by atoms with Gasteiger partial charge in [0.1, 0.15) is 17.6 Å². The summed E-state index contributed by atoms with van der Waals surface area (Å²) in [5, 5.41) is 6.36. The molecule has 9 nitrogen and oxygen atoms in total. The van der Waals surface area contributed by atoms with Crippen molar-refractivity contribution in [3.8, 4) is 5.75 Å². The van der Waals surface area contributed by atoms with Gasteiger partial charge in [-0.15, -0.1) is 13.2 Å². The Labute approximate surface area is 280 Å². The second-order valence-corrected chi connectivity index (χ2v) is 12.3. The van der Waals surface area contributed by atoms with Crippen LogP contribution in [0.1, 0.15) is 47.4 Å². The summed E-state index contributed by atoms with van der Waals surface area (Å²) in [6.45, 7) is 2.52. The second kappa shape index (κ2) is 15.6. The van der Waals surface area contributed by atoms with Crippen molar-refractivity contribution in [2.45, 2.75) is 62.1 Å². The summed E-state index contributed by atoms with van der Waals surface area (Å²) in [5.41, 5.74) is 0.956. The Morgan fingerprint density at radius 3 is 2.58 bits per heavy atom. The van der Waals surface area contributed by atoms with E-state index in [1.807, 2.05) is 0 Å². The number of rotatable bonds is 11. The highest BCUT2D eigenvalue weighted by atomic mass is 35.5. The fourth-order valence-electron chi connectivity index (χ4n) is 6.32. The zero-order valence-corrected chi connectivity index (χ0v) is 26.9. The molecule has 14 heteroatoms. The van der Waals surface area contributed by atoms with Crippen LogP contribution in [0.2, 0.25) is 5.02 Å². The Balaban J connectivity index is 1.44. The molecule has 2 aliphatic heterocycles. The van der Waals surface area contributed by atoms with Gasteiger partial charge in [0.25, 0.3) is 0 Å². The maximum absolute atomic E-state index is 15.3. The van der Waals surface area contributed by atoms with Crippen LogP contribution in [0.4, 0.5) is 22.4 Å². The van der Waals surface area contributed by atoms with Crippen molar-refractivity contribution in [2.24, 2.45) is 0 Å². The molecule has 0 saturated carbocycles. The van der Waals surface area contributed by atoms with Gasteiger partial charge >= 0.3 is 12.5 Å². The molecule has 3 atom stereocenters.